The fourth-order valence-corrected chi connectivity index (χ4v) is 6.48. The molecule has 0 spiro atoms. The molecular weight excluding hydrogens is 536 g/mol. The zero-order chi connectivity index (χ0) is 28.0. The summed E-state index contributed by atoms with van der Waals surface area (Å²) >= 11 is 8.12. The van der Waals surface area contributed by atoms with Crippen molar-refractivity contribution in [2.24, 2.45) is 0 Å². The van der Waals surface area contributed by atoms with Crippen LogP contribution in [0.2, 0.25) is 5.02 Å². The molecule has 0 aliphatic carbocycles. The van der Waals surface area contributed by atoms with Crippen LogP contribution in [0.1, 0.15) is 52.9 Å². The lowest BCUT2D eigenvalue weighted by Gasteiger charge is -2.35. The summed E-state index contributed by atoms with van der Waals surface area (Å²) in [5.74, 6) is -0.0689. The van der Waals surface area contributed by atoms with Crippen molar-refractivity contribution in [3.63, 3.8) is 0 Å². The second-order valence-electron chi connectivity index (χ2n) is 9.70. The van der Waals surface area contributed by atoms with E-state index in [1.165, 1.54) is 0 Å². The van der Waals surface area contributed by atoms with E-state index in [0.29, 0.717) is 11.6 Å². The standard InChI is InChI=1S/C34H31ClN2O2S/c1-2-3-20-32-36-23-28(37(32)24-25-13-10-11-18-30(25)35)22-29(33(38)39)34(31-19-12-21-40-31,26-14-6-4-7-15-26)27-16-8-5-9-17-27/h4-19,21-23H,2-3,20,24H2,1H3,(H,38,39)/b29-22-. The van der Waals surface area contributed by atoms with Crippen LogP contribution in [0, 0.1) is 0 Å². The average Bonchev–Trinajstić information content (AvgIpc) is 3.65. The van der Waals surface area contributed by atoms with Crippen molar-refractivity contribution in [3.05, 3.63) is 152 Å². The number of hydrogen-bond donors (Lipinski definition) is 1. The zero-order valence-electron chi connectivity index (χ0n) is 22.3. The molecule has 2 heterocycles. The first-order valence-corrected chi connectivity index (χ1v) is 14.7. The molecule has 5 aromatic rings. The summed E-state index contributed by atoms with van der Waals surface area (Å²) in [6.45, 7) is 2.65. The first-order valence-electron chi connectivity index (χ1n) is 13.4. The number of thiophene rings is 1. The maximum absolute atomic E-state index is 13.4. The molecular formula is C34H31ClN2O2S. The van der Waals surface area contributed by atoms with Crippen molar-refractivity contribution < 1.29 is 9.90 Å². The van der Waals surface area contributed by atoms with E-state index >= 15 is 0 Å². The summed E-state index contributed by atoms with van der Waals surface area (Å²) in [5, 5.41) is 13.6. The topological polar surface area (TPSA) is 55.1 Å². The van der Waals surface area contributed by atoms with Crippen LogP contribution in [0.5, 0.6) is 0 Å². The number of aromatic nitrogens is 2. The Labute approximate surface area is 244 Å². The number of aliphatic carboxylic acids is 1. The SMILES string of the molecule is CCCCc1ncc(/C=C(/C(=O)O)C(c2ccccc2)(c2ccccc2)c2cccs2)n1Cc1ccccc1Cl. The monoisotopic (exact) mass is 566 g/mol. The van der Waals surface area contributed by atoms with Gasteiger partial charge in [-0.05, 0) is 46.7 Å². The van der Waals surface area contributed by atoms with Gasteiger partial charge in [0.1, 0.15) is 5.82 Å². The molecule has 202 valence electrons. The van der Waals surface area contributed by atoms with Gasteiger partial charge in [0.25, 0.3) is 0 Å². The lowest BCUT2D eigenvalue weighted by atomic mass is 9.67. The number of carbonyl (C=O) groups is 1. The van der Waals surface area contributed by atoms with Crippen molar-refractivity contribution in [2.45, 2.75) is 38.1 Å². The van der Waals surface area contributed by atoms with E-state index < -0.39 is 11.4 Å². The Kier molecular flexibility index (Phi) is 8.63. The van der Waals surface area contributed by atoms with Crippen LogP contribution in [0.25, 0.3) is 6.08 Å². The molecule has 40 heavy (non-hydrogen) atoms. The van der Waals surface area contributed by atoms with E-state index in [4.69, 9.17) is 16.6 Å². The quantitative estimate of drug-likeness (QED) is 0.163. The number of aryl methyl sites for hydroxylation is 1. The highest BCUT2D eigenvalue weighted by Gasteiger charge is 2.44. The number of unbranched alkanes of at least 4 members (excludes halogenated alkanes) is 1. The molecule has 0 aliphatic rings. The smallest absolute Gasteiger partial charge is 0.333 e. The molecule has 1 N–H and O–H groups in total. The maximum atomic E-state index is 13.4. The molecule has 0 bridgehead atoms. The molecule has 5 rings (SSSR count). The van der Waals surface area contributed by atoms with Gasteiger partial charge in [0.15, 0.2) is 0 Å². The second kappa shape index (κ2) is 12.5. The molecule has 0 saturated heterocycles. The van der Waals surface area contributed by atoms with Gasteiger partial charge in [0, 0.05) is 16.3 Å². The first kappa shape index (κ1) is 27.6. The third kappa shape index (κ3) is 5.40. The van der Waals surface area contributed by atoms with E-state index in [2.05, 4.69) is 11.5 Å². The minimum atomic E-state index is -1.04. The predicted octanol–water partition coefficient (Wildman–Crippen LogP) is 8.49. The molecule has 3 aromatic carbocycles. The fourth-order valence-electron chi connectivity index (χ4n) is 5.30. The Bertz CT molecular complexity index is 1550. The van der Waals surface area contributed by atoms with E-state index in [1.807, 2.05) is 102 Å². The third-order valence-corrected chi connectivity index (χ3v) is 8.60. The van der Waals surface area contributed by atoms with Gasteiger partial charge < -0.3 is 9.67 Å². The summed E-state index contributed by atoms with van der Waals surface area (Å²) in [5.41, 5.74) is 2.69. The zero-order valence-corrected chi connectivity index (χ0v) is 23.9. The normalized spacial score (nSPS) is 12.0. The largest absolute Gasteiger partial charge is 0.478 e. The van der Waals surface area contributed by atoms with Gasteiger partial charge in [0.2, 0.25) is 0 Å². The number of benzene rings is 3. The average molecular weight is 567 g/mol. The first-order chi connectivity index (χ1) is 19.6. The van der Waals surface area contributed by atoms with Crippen LogP contribution in [0.15, 0.2) is 114 Å². The highest BCUT2D eigenvalue weighted by molar-refractivity contribution is 7.10. The van der Waals surface area contributed by atoms with Gasteiger partial charge in [-0.15, -0.1) is 11.3 Å². The summed E-state index contributed by atoms with van der Waals surface area (Å²) in [4.78, 5) is 19.1. The Hall–Kier alpha value is -3.93. The van der Waals surface area contributed by atoms with Gasteiger partial charge in [-0.2, -0.15) is 0 Å². The van der Waals surface area contributed by atoms with Crippen molar-refractivity contribution >= 4 is 35.0 Å². The molecule has 0 saturated carbocycles. The van der Waals surface area contributed by atoms with Crippen molar-refractivity contribution in [3.8, 4) is 0 Å². The van der Waals surface area contributed by atoms with E-state index in [0.717, 1.165) is 52.3 Å². The second-order valence-corrected chi connectivity index (χ2v) is 11.1. The number of hydrogen-bond acceptors (Lipinski definition) is 3. The minimum absolute atomic E-state index is 0.259. The molecule has 0 atom stereocenters. The van der Waals surface area contributed by atoms with Gasteiger partial charge in [-0.3, -0.25) is 0 Å². The third-order valence-electron chi connectivity index (χ3n) is 7.24. The highest BCUT2D eigenvalue weighted by Crippen LogP contribution is 2.47. The molecule has 2 aromatic heterocycles. The van der Waals surface area contributed by atoms with E-state index in [9.17, 15) is 9.90 Å². The Balaban J connectivity index is 1.79. The van der Waals surface area contributed by atoms with Crippen LogP contribution >= 0.6 is 22.9 Å². The molecule has 0 fully saturated rings. The Morgan fingerprint density at radius 3 is 2.17 bits per heavy atom. The van der Waals surface area contributed by atoms with Crippen LogP contribution in [0.4, 0.5) is 0 Å². The predicted molar refractivity (Wildman–Crippen MR) is 164 cm³/mol. The van der Waals surface area contributed by atoms with E-state index in [-0.39, 0.29) is 5.57 Å². The number of nitrogens with zero attached hydrogens (tertiary/aromatic N) is 2. The Morgan fingerprint density at radius 2 is 1.60 bits per heavy atom. The van der Waals surface area contributed by atoms with Gasteiger partial charge in [-0.25, -0.2) is 9.78 Å². The van der Waals surface area contributed by atoms with E-state index in [1.54, 1.807) is 23.6 Å². The van der Waals surface area contributed by atoms with Gasteiger partial charge in [-0.1, -0.05) is 110 Å². The Morgan fingerprint density at radius 1 is 0.950 bits per heavy atom. The number of imidazole rings is 1. The van der Waals surface area contributed by atoms with Crippen molar-refractivity contribution in [1.82, 2.24) is 9.55 Å². The number of carboxylic acid groups (broad SMARTS) is 1. The van der Waals surface area contributed by atoms with Gasteiger partial charge in [0.05, 0.1) is 29.4 Å². The molecule has 0 aliphatic heterocycles. The van der Waals surface area contributed by atoms with Crippen LogP contribution in [0.3, 0.4) is 0 Å². The number of carboxylic acids is 1. The van der Waals surface area contributed by atoms with Crippen LogP contribution in [-0.2, 0) is 23.2 Å². The molecule has 0 amide bonds. The van der Waals surface area contributed by atoms with Crippen LogP contribution < -0.4 is 0 Å². The molecule has 6 heteroatoms. The van der Waals surface area contributed by atoms with Gasteiger partial charge >= 0.3 is 5.97 Å². The lowest BCUT2D eigenvalue weighted by Crippen LogP contribution is -2.34. The summed E-state index contributed by atoms with van der Waals surface area (Å²) in [6, 6.07) is 31.6. The van der Waals surface area contributed by atoms with Crippen molar-refractivity contribution in [2.75, 3.05) is 0 Å². The molecule has 0 radical (unpaired) electrons. The molecule has 0 unspecified atom stereocenters. The number of rotatable bonds is 11. The highest BCUT2D eigenvalue weighted by atomic mass is 35.5. The lowest BCUT2D eigenvalue weighted by molar-refractivity contribution is -0.133. The minimum Gasteiger partial charge on any atom is -0.478 e. The molecule has 4 nitrogen and oxygen atoms in total. The summed E-state index contributed by atoms with van der Waals surface area (Å²) in [6.07, 6.45) is 6.42. The fraction of sp³-hybridized carbons (Fsp3) is 0.176. The van der Waals surface area contributed by atoms with Crippen LogP contribution in [-0.4, -0.2) is 20.6 Å². The summed E-state index contributed by atoms with van der Waals surface area (Å²) in [7, 11) is 0. The van der Waals surface area contributed by atoms with Crippen molar-refractivity contribution in [1.29, 1.82) is 0 Å². The maximum Gasteiger partial charge on any atom is 0.333 e. The summed E-state index contributed by atoms with van der Waals surface area (Å²) < 4.78 is 2.11. The number of halogens is 1.